The molecule has 0 saturated heterocycles. The molecule has 1 N–H and O–H groups in total. The van der Waals surface area contributed by atoms with Crippen molar-refractivity contribution >= 4 is 11.5 Å². The predicted octanol–water partition coefficient (Wildman–Crippen LogP) is 3.47. The highest BCUT2D eigenvalue weighted by Gasteiger charge is 2.33. The van der Waals surface area contributed by atoms with Gasteiger partial charge in [0.15, 0.2) is 0 Å². The van der Waals surface area contributed by atoms with Crippen molar-refractivity contribution in [3.63, 3.8) is 0 Å². The standard InChI is InChI=1S/C13H13F3N2O2S/c1-2-5-9-12(21-18-17-9)11(19)8-6-3-4-7-10(8)20-13(14,15)16/h3-4,6-7,11,19H,2,5H2,1H3. The Morgan fingerprint density at radius 2 is 2.05 bits per heavy atom. The number of aromatic nitrogens is 2. The van der Waals surface area contributed by atoms with Crippen LogP contribution in [0.2, 0.25) is 0 Å². The van der Waals surface area contributed by atoms with E-state index in [1.807, 2.05) is 6.92 Å². The maximum Gasteiger partial charge on any atom is 0.573 e. The van der Waals surface area contributed by atoms with Crippen molar-refractivity contribution in [2.75, 3.05) is 0 Å². The lowest BCUT2D eigenvalue weighted by molar-refractivity contribution is -0.275. The topological polar surface area (TPSA) is 55.2 Å². The Bertz CT molecular complexity index is 601. The van der Waals surface area contributed by atoms with E-state index in [0.717, 1.165) is 18.0 Å². The molecule has 0 aliphatic rings. The molecule has 0 saturated carbocycles. The number of aliphatic hydroxyl groups excluding tert-OH is 1. The monoisotopic (exact) mass is 318 g/mol. The molecule has 0 spiro atoms. The second-order valence-corrected chi connectivity index (χ2v) is 5.11. The number of benzene rings is 1. The van der Waals surface area contributed by atoms with Gasteiger partial charge in [-0.2, -0.15) is 0 Å². The summed E-state index contributed by atoms with van der Waals surface area (Å²) in [5, 5.41) is 14.3. The highest BCUT2D eigenvalue weighted by molar-refractivity contribution is 7.05. The summed E-state index contributed by atoms with van der Waals surface area (Å²) in [5.74, 6) is -0.423. The minimum atomic E-state index is -4.81. The summed E-state index contributed by atoms with van der Waals surface area (Å²) in [7, 11) is 0. The molecule has 0 fully saturated rings. The molecule has 1 heterocycles. The second kappa shape index (κ2) is 6.40. The number of aliphatic hydroxyl groups is 1. The Hall–Kier alpha value is -1.67. The molecule has 1 aromatic heterocycles. The average molecular weight is 318 g/mol. The largest absolute Gasteiger partial charge is 0.573 e. The summed E-state index contributed by atoms with van der Waals surface area (Å²) in [6.45, 7) is 1.94. The lowest BCUT2D eigenvalue weighted by atomic mass is 10.0. The molecular weight excluding hydrogens is 305 g/mol. The van der Waals surface area contributed by atoms with Gasteiger partial charge in [-0.25, -0.2) is 0 Å². The maximum atomic E-state index is 12.4. The number of alkyl halides is 3. The molecule has 0 bridgehead atoms. The van der Waals surface area contributed by atoms with Crippen LogP contribution < -0.4 is 4.74 Å². The van der Waals surface area contributed by atoms with Gasteiger partial charge in [-0.3, -0.25) is 0 Å². The smallest absolute Gasteiger partial charge is 0.405 e. The van der Waals surface area contributed by atoms with Crippen LogP contribution in [0, 0.1) is 0 Å². The van der Waals surface area contributed by atoms with Crippen molar-refractivity contribution in [2.45, 2.75) is 32.2 Å². The van der Waals surface area contributed by atoms with Crippen molar-refractivity contribution in [3.8, 4) is 5.75 Å². The van der Waals surface area contributed by atoms with Gasteiger partial charge in [-0.1, -0.05) is 36.0 Å². The zero-order chi connectivity index (χ0) is 15.5. The third-order valence-electron chi connectivity index (χ3n) is 2.76. The lowest BCUT2D eigenvalue weighted by Crippen LogP contribution is -2.18. The Balaban J connectivity index is 2.34. The fraction of sp³-hybridized carbons (Fsp3) is 0.385. The number of para-hydroxylation sites is 1. The van der Waals surface area contributed by atoms with E-state index in [1.54, 1.807) is 0 Å². The number of nitrogens with zero attached hydrogens (tertiary/aromatic N) is 2. The highest BCUT2D eigenvalue weighted by Crippen LogP contribution is 2.35. The number of rotatable bonds is 5. The first kappa shape index (κ1) is 15.7. The lowest BCUT2D eigenvalue weighted by Gasteiger charge is -2.16. The van der Waals surface area contributed by atoms with Crippen LogP contribution in [0.4, 0.5) is 13.2 Å². The summed E-state index contributed by atoms with van der Waals surface area (Å²) in [4.78, 5) is 0.440. The highest BCUT2D eigenvalue weighted by atomic mass is 32.1. The van der Waals surface area contributed by atoms with Crippen LogP contribution in [0.5, 0.6) is 5.75 Å². The van der Waals surface area contributed by atoms with Crippen molar-refractivity contribution in [1.29, 1.82) is 0 Å². The molecule has 2 aromatic rings. The van der Waals surface area contributed by atoms with Gasteiger partial charge in [-0.15, -0.1) is 18.3 Å². The molecule has 0 aliphatic heterocycles. The maximum absolute atomic E-state index is 12.4. The molecule has 0 amide bonds. The summed E-state index contributed by atoms with van der Waals surface area (Å²) in [5.41, 5.74) is 0.634. The van der Waals surface area contributed by atoms with Crippen molar-refractivity contribution < 1.29 is 23.0 Å². The van der Waals surface area contributed by atoms with Crippen LogP contribution in [0.15, 0.2) is 24.3 Å². The van der Waals surface area contributed by atoms with Crippen LogP contribution in [0.25, 0.3) is 0 Å². The Morgan fingerprint density at radius 3 is 2.71 bits per heavy atom. The SMILES string of the molecule is CCCc1nnsc1C(O)c1ccccc1OC(F)(F)F. The first-order valence-corrected chi connectivity index (χ1v) is 7.03. The van der Waals surface area contributed by atoms with Gasteiger partial charge in [-0.05, 0) is 24.0 Å². The third-order valence-corrected chi connectivity index (χ3v) is 3.58. The molecule has 4 nitrogen and oxygen atoms in total. The number of hydrogen-bond donors (Lipinski definition) is 1. The van der Waals surface area contributed by atoms with Crippen molar-refractivity contribution in [2.24, 2.45) is 0 Å². The minimum Gasteiger partial charge on any atom is -0.405 e. The average Bonchev–Trinajstić information content (AvgIpc) is 2.85. The van der Waals surface area contributed by atoms with E-state index >= 15 is 0 Å². The van der Waals surface area contributed by atoms with Crippen LogP contribution in [0.1, 0.15) is 35.6 Å². The first-order chi connectivity index (χ1) is 9.92. The minimum absolute atomic E-state index is 0.0400. The van der Waals surface area contributed by atoms with Crippen LogP contribution in [-0.4, -0.2) is 21.1 Å². The van der Waals surface area contributed by atoms with E-state index in [0.29, 0.717) is 17.0 Å². The number of halogens is 3. The molecule has 1 atom stereocenters. The van der Waals surface area contributed by atoms with E-state index < -0.39 is 18.2 Å². The fourth-order valence-electron chi connectivity index (χ4n) is 1.90. The van der Waals surface area contributed by atoms with Gasteiger partial charge >= 0.3 is 6.36 Å². The molecule has 2 rings (SSSR count). The molecular formula is C13H13F3N2O2S. The van der Waals surface area contributed by atoms with Crippen LogP contribution in [0.3, 0.4) is 0 Å². The third kappa shape index (κ3) is 3.92. The Kier molecular flexibility index (Phi) is 4.79. The molecule has 0 aliphatic carbocycles. The number of aryl methyl sites for hydroxylation is 1. The van der Waals surface area contributed by atoms with E-state index in [-0.39, 0.29) is 5.56 Å². The normalized spacial score (nSPS) is 13.2. The quantitative estimate of drug-likeness (QED) is 0.917. The Morgan fingerprint density at radius 1 is 1.33 bits per heavy atom. The molecule has 1 unspecified atom stereocenters. The summed E-state index contributed by atoms with van der Waals surface area (Å²) in [6.07, 6.45) is -4.66. The van der Waals surface area contributed by atoms with Gasteiger partial charge in [0.25, 0.3) is 0 Å². The number of ether oxygens (including phenoxy) is 1. The van der Waals surface area contributed by atoms with Gasteiger partial charge in [0.2, 0.25) is 0 Å². The van der Waals surface area contributed by atoms with Crippen molar-refractivity contribution in [3.05, 3.63) is 40.4 Å². The van der Waals surface area contributed by atoms with Crippen LogP contribution in [-0.2, 0) is 6.42 Å². The molecule has 8 heteroatoms. The Labute approximate surface area is 123 Å². The van der Waals surface area contributed by atoms with Crippen molar-refractivity contribution in [1.82, 2.24) is 9.59 Å². The summed E-state index contributed by atoms with van der Waals surface area (Å²) >= 11 is 0.971. The zero-order valence-electron chi connectivity index (χ0n) is 11.1. The molecule has 114 valence electrons. The van der Waals surface area contributed by atoms with E-state index in [2.05, 4.69) is 14.3 Å². The van der Waals surface area contributed by atoms with E-state index in [9.17, 15) is 18.3 Å². The van der Waals surface area contributed by atoms with E-state index in [4.69, 9.17) is 0 Å². The van der Waals surface area contributed by atoms with Gasteiger partial charge in [0.05, 0.1) is 10.6 Å². The van der Waals surface area contributed by atoms with Gasteiger partial charge < -0.3 is 9.84 Å². The summed E-state index contributed by atoms with van der Waals surface area (Å²) in [6, 6.07) is 5.51. The zero-order valence-corrected chi connectivity index (χ0v) is 11.9. The van der Waals surface area contributed by atoms with Gasteiger partial charge in [0.1, 0.15) is 11.9 Å². The van der Waals surface area contributed by atoms with E-state index in [1.165, 1.54) is 24.3 Å². The fourth-order valence-corrected chi connectivity index (χ4v) is 2.60. The van der Waals surface area contributed by atoms with Crippen LogP contribution >= 0.6 is 11.5 Å². The molecule has 0 radical (unpaired) electrons. The molecule has 21 heavy (non-hydrogen) atoms. The summed E-state index contributed by atoms with van der Waals surface area (Å²) < 4.78 is 44.9. The second-order valence-electron chi connectivity index (χ2n) is 4.32. The predicted molar refractivity (Wildman–Crippen MR) is 71.1 cm³/mol. The molecule has 1 aromatic carbocycles. The number of hydrogen-bond acceptors (Lipinski definition) is 5. The first-order valence-electron chi connectivity index (χ1n) is 6.26. The van der Waals surface area contributed by atoms with Gasteiger partial charge in [0, 0.05) is 5.56 Å².